The van der Waals surface area contributed by atoms with E-state index in [9.17, 15) is 9.59 Å². The molecule has 1 aliphatic heterocycles. The predicted molar refractivity (Wildman–Crippen MR) is 84.4 cm³/mol. The van der Waals surface area contributed by atoms with Crippen molar-refractivity contribution in [3.05, 3.63) is 28.8 Å². The first kappa shape index (κ1) is 15.5. The van der Waals surface area contributed by atoms with Crippen molar-refractivity contribution in [3.63, 3.8) is 0 Å². The lowest BCUT2D eigenvalue weighted by molar-refractivity contribution is -0.126. The minimum atomic E-state index is -0.530. The molecule has 1 heterocycles. The van der Waals surface area contributed by atoms with Gasteiger partial charge < -0.3 is 10.2 Å². The predicted octanol–water partition coefficient (Wildman–Crippen LogP) is 3.02. The molecule has 0 saturated heterocycles. The lowest BCUT2D eigenvalue weighted by atomic mass is 10.0. The highest BCUT2D eigenvalue weighted by molar-refractivity contribution is 6.06. The van der Waals surface area contributed by atoms with Crippen molar-refractivity contribution in [2.24, 2.45) is 0 Å². The largest absolute Gasteiger partial charge is 0.341 e. The zero-order chi connectivity index (χ0) is 15.6. The van der Waals surface area contributed by atoms with E-state index in [-0.39, 0.29) is 11.8 Å². The molecular weight excluding hydrogens is 264 g/mol. The van der Waals surface area contributed by atoms with Gasteiger partial charge >= 0.3 is 0 Å². The van der Waals surface area contributed by atoms with Crippen LogP contribution in [0.4, 0.5) is 5.69 Å². The van der Waals surface area contributed by atoms with Crippen molar-refractivity contribution < 1.29 is 9.59 Å². The van der Waals surface area contributed by atoms with Gasteiger partial charge in [0, 0.05) is 19.0 Å². The molecule has 4 heteroatoms. The summed E-state index contributed by atoms with van der Waals surface area (Å²) in [6.07, 6.45) is 3.22. The van der Waals surface area contributed by atoms with Gasteiger partial charge in [-0.2, -0.15) is 0 Å². The number of aryl methyl sites for hydroxylation is 2. The van der Waals surface area contributed by atoms with Crippen LogP contribution in [0.25, 0.3) is 0 Å². The Bertz CT molecular complexity index is 566. The summed E-state index contributed by atoms with van der Waals surface area (Å²) < 4.78 is 0. The third kappa shape index (κ3) is 3.09. The first-order valence-corrected chi connectivity index (χ1v) is 7.65. The maximum Gasteiger partial charge on any atom is 0.254 e. The van der Waals surface area contributed by atoms with E-state index in [2.05, 4.69) is 18.3 Å². The van der Waals surface area contributed by atoms with Crippen molar-refractivity contribution in [1.29, 1.82) is 0 Å². The van der Waals surface area contributed by atoms with Crippen LogP contribution in [0, 0.1) is 13.8 Å². The van der Waals surface area contributed by atoms with Crippen LogP contribution in [0.2, 0.25) is 0 Å². The number of hydrogen-bond acceptors (Lipinski definition) is 2. The summed E-state index contributed by atoms with van der Waals surface area (Å²) in [7, 11) is 0. The molecule has 0 bridgehead atoms. The number of benzene rings is 1. The van der Waals surface area contributed by atoms with Crippen LogP contribution in [-0.4, -0.2) is 18.4 Å². The molecule has 1 N–H and O–H groups in total. The van der Waals surface area contributed by atoms with E-state index < -0.39 is 6.04 Å². The molecule has 0 unspecified atom stereocenters. The number of nitrogens with one attached hydrogen (secondary N) is 1. The van der Waals surface area contributed by atoms with E-state index in [0.29, 0.717) is 0 Å². The van der Waals surface area contributed by atoms with Crippen molar-refractivity contribution in [3.8, 4) is 0 Å². The molecule has 1 atom stereocenters. The molecule has 4 nitrogen and oxygen atoms in total. The first-order chi connectivity index (χ1) is 9.95. The van der Waals surface area contributed by atoms with Gasteiger partial charge in [-0.25, -0.2) is 0 Å². The number of unbranched alkanes of at least 4 members (excludes halogenated alkanes) is 2. The monoisotopic (exact) mass is 288 g/mol. The number of carbonyl (C=O) groups excluding carboxylic acids is 2. The topological polar surface area (TPSA) is 49.4 Å². The normalized spacial score (nSPS) is 17.0. The Kier molecular flexibility index (Phi) is 4.66. The van der Waals surface area contributed by atoms with Crippen LogP contribution >= 0.6 is 0 Å². The first-order valence-electron chi connectivity index (χ1n) is 7.65. The number of hydrogen-bond donors (Lipinski definition) is 1. The molecule has 1 aromatic rings. The Labute approximate surface area is 126 Å². The third-order valence-corrected chi connectivity index (χ3v) is 3.90. The van der Waals surface area contributed by atoms with Gasteiger partial charge in [-0.15, -0.1) is 0 Å². The summed E-state index contributed by atoms with van der Waals surface area (Å²) >= 11 is 0. The molecule has 0 radical (unpaired) electrons. The van der Waals surface area contributed by atoms with E-state index in [0.717, 1.165) is 48.2 Å². The molecule has 0 aromatic heterocycles. The Morgan fingerprint density at radius 3 is 2.62 bits per heavy atom. The molecule has 0 aliphatic carbocycles. The maximum atomic E-state index is 12.7. The lowest BCUT2D eigenvalue weighted by Gasteiger charge is -2.19. The Hall–Kier alpha value is -1.84. The van der Waals surface area contributed by atoms with Crippen LogP contribution in [0.1, 0.15) is 55.8 Å². The number of nitrogens with zero attached hydrogens (tertiary/aromatic N) is 1. The maximum absolute atomic E-state index is 12.7. The van der Waals surface area contributed by atoms with E-state index in [4.69, 9.17) is 0 Å². The molecule has 21 heavy (non-hydrogen) atoms. The molecule has 0 fully saturated rings. The molecule has 0 spiro atoms. The van der Waals surface area contributed by atoms with Gasteiger partial charge in [0.15, 0.2) is 0 Å². The highest BCUT2D eigenvalue weighted by Gasteiger charge is 2.38. The van der Waals surface area contributed by atoms with E-state index in [1.54, 1.807) is 0 Å². The van der Waals surface area contributed by atoms with Gasteiger partial charge in [0.2, 0.25) is 5.91 Å². The number of fused-ring (bicyclic) bond motifs is 1. The van der Waals surface area contributed by atoms with Crippen LogP contribution in [-0.2, 0) is 9.59 Å². The van der Waals surface area contributed by atoms with E-state index in [1.807, 2.05) is 24.8 Å². The highest BCUT2D eigenvalue weighted by atomic mass is 16.2. The molecule has 1 aliphatic rings. The fourth-order valence-electron chi connectivity index (χ4n) is 3.07. The smallest absolute Gasteiger partial charge is 0.254 e. The van der Waals surface area contributed by atoms with Gasteiger partial charge in [-0.1, -0.05) is 37.5 Å². The lowest BCUT2D eigenvalue weighted by Crippen LogP contribution is -2.37. The minimum Gasteiger partial charge on any atom is -0.341 e. The van der Waals surface area contributed by atoms with E-state index >= 15 is 0 Å². The molecule has 1 aromatic carbocycles. The number of amides is 2. The summed E-state index contributed by atoms with van der Waals surface area (Å²) in [5, 5.41) is 2.79. The summed E-state index contributed by atoms with van der Waals surface area (Å²) in [6.45, 7) is 8.37. The standard InChI is InChI=1S/C17H24N2O2/c1-5-6-7-8-19-16-12(3)9-11(2)10-14(16)15(17(19)21)18-13(4)20/h9-10,15H,5-8H2,1-4H3,(H,18,20)/t15-/m1/s1. The van der Waals surface area contributed by atoms with Gasteiger partial charge in [0.05, 0.1) is 5.69 Å². The second-order valence-corrected chi connectivity index (χ2v) is 5.85. The molecule has 2 rings (SSSR count). The SMILES string of the molecule is CCCCCN1C(=O)[C@H](NC(C)=O)c2cc(C)cc(C)c21. The fraction of sp³-hybridized carbons (Fsp3) is 0.529. The molecule has 0 saturated carbocycles. The molecule has 2 amide bonds. The van der Waals surface area contributed by atoms with Gasteiger partial charge in [-0.3, -0.25) is 9.59 Å². The van der Waals surface area contributed by atoms with Gasteiger partial charge in [-0.05, 0) is 25.8 Å². The quantitative estimate of drug-likeness (QED) is 0.847. The average molecular weight is 288 g/mol. The van der Waals surface area contributed by atoms with Gasteiger partial charge in [0.1, 0.15) is 6.04 Å². The van der Waals surface area contributed by atoms with Crippen molar-refractivity contribution in [1.82, 2.24) is 5.32 Å². The zero-order valence-electron chi connectivity index (χ0n) is 13.3. The minimum absolute atomic E-state index is 0.00926. The van der Waals surface area contributed by atoms with Crippen LogP contribution in [0.3, 0.4) is 0 Å². The third-order valence-electron chi connectivity index (χ3n) is 3.90. The molecular formula is C17H24N2O2. The zero-order valence-corrected chi connectivity index (χ0v) is 13.3. The summed E-state index contributed by atoms with van der Waals surface area (Å²) in [4.78, 5) is 25.9. The Balaban J connectivity index is 2.38. The second kappa shape index (κ2) is 6.29. The number of carbonyl (C=O) groups is 2. The Morgan fingerprint density at radius 1 is 1.29 bits per heavy atom. The number of anilines is 1. The summed E-state index contributed by atoms with van der Waals surface area (Å²) in [6, 6.07) is 3.58. The average Bonchev–Trinajstić information content (AvgIpc) is 2.64. The van der Waals surface area contributed by atoms with E-state index in [1.165, 1.54) is 6.92 Å². The van der Waals surface area contributed by atoms with Crippen LogP contribution in [0.15, 0.2) is 12.1 Å². The summed E-state index contributed by atoms with van der Waals surface area (Å²) in [5.74, 6) is -0.182. The van der Waals surface area contributed by atoms with Crippen molar-refractivity contribution in [2.75, 3.05) is 11.4 Å². The van der Waals surface area contributed by atoms with Crippen molar-refractivity contribution >= 4 is 17.5 Å². The van der Waals surface area contributed by atoms with Crippen LogP contribution < -0.4 is 10.2 Å². The highest BCUT2D eigenvalue weighted by Crippen LogP contribution is 2.39. The molecule has 114 valence electrons. The fourth-order valence-corrected chi connectivity index (χ4v) is 3.07. The Morgan fingerprint density at radius 2 is 2.00 bits per heavy atom. The summed E-state index contributed by atoms with van der Waals surface area (Å²) in [5.41, 5.74) is 4.14. The second-order valence-electron chi connectivity index (χ2n) is 5.85. The number of rotatable bonds is 5. The van der Waals surface area contributed by atoms with Gasteiger partial charge in [0.25, 0.3) is 5.91 Å². The van der Waals surface area contributed by atoms with Crippen LogP contribution in [0.5, 0.6) is 0 Å². The van der Waals surface area contributed by atoms with Crippen molar-refractivity contribution in [2.45, 2.75) is 53.0 Å².